The first-order chi connectivity index (χ1) is 14.6. The number of carbonyl (C=O) groups is 1. The number of benzene rings is 2. The average Bonchev–Trinajstić information content (AvgIpc) is 2.79. The predicted molar refractivity (Wildman–Crippen MR) is 119 cm³/mol. The van der Waals surface area contributed by atoms with Crippen LogP contribution in [0.3, 0.4) is 0 Å². The van der Waals surface area contributed by atoms with E-state index < -0.39 is 0 Å². The summed E-state index contributed by atoms with van der Waals surface area (Å²) in [6.07, 6.45) is 0.411. The van der Waals surface area contributed by atoms with E-state index in [0.717, 1.165) is 46.9 Å². The van der Waals surface area contributed by atoms with E-state index in [0.29, 0.717) is 19.5 Å². The van der Waals surface area contributed by atoms with E-state index in [9.17, 15) is 4.79 Å². The first-order valence-electron chi connectivity index (χ1n) is 10.2. The molecule has 30 heavy (non-hydrogen) atoms. The Morgan fingerprint density at radius 3 is 2.40 bits per heavy atom. The van der Waals surface area contributed by atoms with Crippen LogP contribution >= 0.6 is 0 Å². The molecule has 6 nitrogen and oxygen atoms in total. The summed E-state index contributed by atoms with van der Waals surface area (Å²) in [7, 11) is 3.31. The van der Waals surface area contributed by atoms with Crippen LogP contribution in [0.2, 0.25) is 0 Å². The molecule has 0 N–H and O–H groups in total. The van der Waals surface area contributed by atoms with Crippen LogP contribution in [0, 0.1) is 6.92 Å². The van der Waals surface area contributed by atoms with E-state index >= 15 is 0 Å². The molecule has 1 aliphatic rings. The molecule has 1 aliphatic heterocycles. The Hall–Kier alpha value is -3.28. The average molecular weight is 405 g/mol. The first-order valence-corrected chi connectivity index (χ1v) is 10.2. The number of rotatable bonds is 5. The van der Waals surface area contributed by atoms with E-state index in [-0.39, 0.29) is 5.91 Å². The van der Waals surface area contributed by atoms with Gasteiger partial charge in [0.15, 0.2) is 0 Å². The van der Waals surface area contributed by atoms with E-state index in [4.69, 9.17) is 14.5 Å². The predicted octanol–water partition coefficient (Wildman–Crippen LogP) is 3.45. The van der Waals surface area contributed by atoms with Crippen molar-refractivity contribution in [2.45, 2.75) is 13.3 Å². The molecule has 0 saturated carbocycles. The van der Waals surface area contributed by atoms with Crippen molar-refractivity contribution in [3.05, 3.63) is 59.7 Å². The molecule has 1 fully saturated rings. The summed E-state index contributed by atoms with van der Waals surface area (Å²) < 4.78 is 10.7. The number of ether oxygens (including phenoxy) is 2. The largest absolute Gasteiger partial charge is 0.497 e. The van der Waals surface area contributed by atoms with Crippen molar-refractivity contribution in [3.63, 3.8) is 0 Å². The number of aromatic nitrogens is 1. The molecule has 0 aliphatic carbocycles. The van der Waals surface area contributed by atoms with Gasteiger partial charge in [-0.05, 0) is 42.3 Å². The third kappa shape index (κ3) is 4.03. The minimum atomic E-state index is 0.157. The molecule has 3 aromatic rings. The molecular weight excluding hydrogens is 378 g/mol. The minimum absolute atomic E-state index is 0.157. The number of methoxy groups -OCH3 is 2. The molecule has 2 aromatic carbocycles. The van der Waals surface area contributed by atoms with E-state index in [1.165, 1.54) is 5.56 Å². The van der Waals surface area contributed by atoms with Gasteiger partial charge in [0.05, 0.1) is 20.6 Å². The van der Waals surface area contributed by atoms with E-state index in [2.05, 4.69) is 24.0 Å². The SMILES string of the molecule is COc1ccc(CC(=O)N2CCN(c3cc(C)c4cccc(OC)c4n3)CC2)cc1. The third-order valence-electron chi connectivity index (χ3n) is 5.69. The molecule has 2 heterocycles. The summed E-state index contributed by atoms with van der Waals surface area (Å²) in [5.41, 5.74) is 3.06. The number of hydrogen-bond acceptors (Lipinski definition) is 5. The Bertz CT molecular complexity index is 1040. The minimum Gasteiger partial charge on any atom is -0.497 e. The lowest BCUT2D eigenvalue weighted by Gasteiger charge is -2.35. The molecule has 0 radical (unpaired) electrons. The molecule has 0 atom stereocenters. The van der Waals surface area contributed by atoms with Crippen LogP contribution in [0.15, 0.2) is 48.5 Å². The van der Waals surface area contributed by atoms with Gasteiger partial charge in [0.1, 0.15) is 22.8 Å². The topological polar surface area (TPSA) is 54.9 Å². The molecule has 6 heteroatoms. The van der Waals surface area contributed by atoms with Gasteiger partial charge in [-0.3, -0.25) is 4.79 Å². The van der Waals surface area contributed by atoms with Crippen molar-refractivity contribution < 1.29 is 14.3 Å². The lowest BCUT2D eigenvalue weighted by atomic mass is 10.1. The van der Waals surface area contributed by atoms with Crippen molar-refractivity contribution in [1.29, 1.82) is 0 Å². The fourth-order valence-electron chi connectivity index (χ4n) is 3.92. The van der Waals surface area contributed by atoms with Crippen molar-refractivity contribution in [2.24, 2.45) is 0 Å². The lowest BCUT2D eigenvalue weighted by Crippen LogP contribution is -2.49. The van der Waals surface area contributed by atoms with Gasteiger partial charge in [-0.1, -0.05) is 24.3 Å². The van der Waals surface area contributed by atoms with E-state index in [1.54, 1.807) is 14.2 Å². The number of nitrogens with zero attached hydrogens (tertiary/aromatic N) is 3. The lowest BCUT2D eigenvalue weighted by molar-refractivity contribution is -0.130. The summed E-state index contributed by atoms with van der Waals surface area (Å²) in [6, 6.07) is 15.8. The third-order valence-corrected chi connectivity index (χ3v) is 5.69. The van der Waals surface area contributed by atoms with Gasteiger partial charge in [-0.15, -0.1) is 0 Å². The normalized spacial score (nSPS) is 14.1. The Morgan fingerprint density at radius 2 is 1.73 bits per heavy atom. The van der Waals surface area contributed by atoms with Gasteiger partial charge in [0, 0.05) is 31.6 Å². The summed E-state index contributed by atoms with van der Waals surface area (Å²) in [4.78, 5) is 21.8. The van der Waals surface area contributed by atoms with Crippen LogP contribution in [0.4, 0.5) is 5.82 Å². The Kier molecular flexibility index (Phi) is 5.74. The zero-order valence-electron chi connectivity index (χ0n) is 17.7. The number of anilines is 1. The Morgan fingerprint density at radius 1 is 1.00 bits per heavy atom. The van der Waals surface area contributed by atoms with Gasteiger partial charge in [0.2, 0.25) is 5.91 Å². The smallest absolute Gasteiger partial charge is 0.227 e. The highest BCUT2D eigenvalue weighted by Gasteiger charge is 2.23. The van der Waals surface area contributed by atoms with Gasteiger partial charge in [0.25, 0.3) is 0 Å². The number of piperazine rings is 1. The van der Waals surface area contributed by atoms with Crippen LogP contribution in [-0.4, -0.2) is 56.2 Å². The number of amides is 1. The Balaban J connectivity index is 1.43. The second-order valence-corrected chi connectivity index (χ2v) is 7.55. The highest BCUT2D eigenvalue weighted by atomic mass is 16.5. The maximum atomic E-state index is 12.7. The Labute approximate surface area is 177 Å². The van der Waals surface area contributed by atoms with Crippen LogP contribution in [-0.2, 0) is 11.2 Å². The highest BCUT2D eigenvalue weighted by Crippen LogP contribution is 2.29. The molecule has 0 spiro atoms. The molecular formula is C24H27N3O3. The molecule has 1 saturated heterocycles. The number of aryl methyl sites for hydroxylation is 1. The van der Waals surface area contributed by atoms with Crippen molar-refractivity contribution in [3.8, 4) is 11.5 Å². The van der Waals surface area contributed by atoms with Gasteiger partial charge in [-0.25, -0.2) is 4.98 Å². The summed E-state index contributed by atoms with van der Waals surface area (Å²) >= 11 is 0. The number of carbonyl (C=O) groups excluding carboxylic acids is 1. The van der Waals surface area contributed by atoms with Crippen LogP contribution < -0.4 is 14.4 Å². The van der Waals surface area contributed by atoms with Gasteiger partial charge in [-0.2, -0.15) is 0 Å². The molecule has 156 valence electrons. The zero-order chi connectivity index (χ0) is 21.1. The summed E-state index contributed by atoms with van der Waals surface area (Å²) in [6.45, 7) is 5.02. The second kappa shape index (κ2) is 8.61. The van der Waals surface area contributed by atoms with Gasteiger partial charge >= 0.3 is 0 Å². The quantitative estimate of drug-likeness (QED) is 0.651. The monoisotopic (exact) mass is 405 g/mol. The maximum absolute atomic E-state index is 12.7. The number of fused-ring (bicyclic) bond motifs is 1. The standard InChI is InChI=1S/C24H27N3O3/c1-17-15-22(25-24-20(17)5-4-6-21(24)30-3)26-11-13-27(14-12-26)23(28)16-18-7-9-19(29-2)10-8-18/h4-10,15H,11-14,16H2,1-3H3. The van der Waals surface area contributed by atoms with Crippen LogP contribution in [0.1, 0.15) is 11.1 Å². The maximum Gasteiger partial charge on any atom is 0.227 e. The molecule has 0 bridgehead atoms. The summed E-state index contributed by atoms with van der Waals surface area (Å²) in [5, 5.41) is 1.10. The fraction of sp³-hybridized carbons (Fsp3) is 0.333. The van der Waals surface area contributed by atoms with Gasteiger partial charge < -0.3 is 19.3 Å². The summed E-state index contributed by atoms with van der Waals surface area (Å²) in [5.74, 6) is 2.68. The molecule has 4 rings (SSSR count). The van der Waals surface area contributed by atoms with Crippen molar-refractivity contribution >= 4 is 22.6 Å². The molecule has 0 unspecified atom stereocenters. The highest BCUT2D eigenvalue weighted by molar-refractivity contribution is 5.89. The first kappa shape index (κ1) is 20.0. The van der Waals surface area contributed by atoms with Crippen molar-refractivity contribution in [1.82, 2.24) is 9.88 Å². The fourth-order valence-corrected chi connectivity index (χ4v) is 3.92. The van der Waals surface area contributed by atoms with Crippen LogP contribution in [0.5, 0.6) is 11.5 Å². The number of hydrogen-bond donors (Lipinski definition) is 0. The zero-order valence-corrected chi connectivity index (χ0v) is 17.7. The van der Waals surface area contributed by atoms with Crippen LogP contribution in [0.25, 0.3) is 10.9 Å². The second-order valence-electron chi connectivity index (χ2n) is 7.55. The number of para-hydroxylation sites is 1. The van der Waals surface area contributed by atoms with Crippen molar-refractivity contribution in [2.75, 3.05) is 45.3 Å². The van der Waals surface area contributed by atoms with E-state index in [1.807, 2.05) is 41.3 Å². The number of pyridine rings is 1. The molecule has 1 amide bonds. The molecule has 1 aromatic heterocycles.